The van der Waals surface area contributed by atoms with E-state index in [9.17, 15) is 4.79 Å². The second-order valence-corrected chi connectivity index (χ2v) is 7.50. The smallest absolute Gasteiger partial charge is 0.241 e. The average Bonchev–Trinajstić information content (AvgIpc) is 2.80. The normalized spacial score (nSPS) is 34.5. The Morgan fingerprint density at radius 3 is 2.58 bits per heavy atom. The topological polar surface area (TPSA) is 32.3 Å². The van der Waals surface area contributed by atoms with E-state index >= 15 is 0 Å². The van der Waals surface area contributed by atoms with E-state index < -0.39 is 0 Å². The van der Waals surface area contributed by atoms with Crippen molar-refractivity contribution in [2.75, 3.05) is 0 Å². The molecule has 0 radical (unpaired) electrons. The van der Waals surface area contributed by atoms with Crippen LogP contribution in [0.2, 0.25) is 0 Å². The van der Waals surface area contributed by atoms with Gasteiger partial charge in [-0.1, -0.05) is 41.0 Å². The number of hydrogen-bond acceptors (Lipinski definition) is 2. The maximum absolute atomic E-state index is 12.7. The highest BCUT2D eigenvalue weighted by atomic mass is 16.2. The second-order valence-electron chi connectivity index (χ2n) is 7.50. The van der Waals surface area contributed by atoms with Crippen LogP contribution in [0.4, 0.5) is 0 Å². The Balaban J connectivity index is 2.14. The lowest BCUT2D eigenvalue weighted by Gasteiger charge is -2.31. The van der Waals surface area contributed by atoms with E-state index in [0.717, 1.165) is 19.3 Å². The van der Waals surface area contributed by atoms with Gasteiger partial charge in [0.1, 0.15) is 0 Å². The minimum Gasteiger partial charge on any atom is -0.323 e. The summed E-state index contributed by atoms with van der Waals surface area (Å²) in [6, 6.07) is 0.482. The Morgan fingerprint density at radius 1 is 1.42 bits per heavy atom. The van der Waals surface area contributed by atoms with Crippen LogP contribution in [-0.2, 0) is 4.79 Å². The first-order valence-corrected chi connectivity index (χ1v) is 7.94. The molecule has 19 heavy (non-hydrogen) atoms. The zero-order valence-corrected chi connectivity index (χ0v) is 13.2. The Labute approximate surface area is 118 Å². The summed E-state index contributed by atoms with van der Waals surface area (Å²) in [5.74, 6) is 0.724. The van der Waals surface area contributed by atoms with E-state index in [2.05, 4.69) is 44.8 Å². The van der Waals surface area contributed by atoms with Crippen LogP contribution in [0, 0.1) is 11.3 Å². The summed E-state index contributed by atoms with van der Waals surface area (Å²) in [7, 11) is 0. The van der Waals surface area contributed by atoms with Gasteiger partial charge in [0.2, 0.25) is 5.91 Å². The van der Waals surface area contributed by atoms with Gasteiger partial charge in [0.05, 0.1) is 12.2 Å². The molecule has 0 bridgehead atoms. The van der Waals surface area contributed by atoms with Crippen LogP contribution in [0.15, 0.2) is 0 Å². The van der Waals surface area contributed by atoms with E-state index in [4.69, 9.17) is 0 Å². The fraction of sp³-hybridized carbons (Fsp3) is 0.938. The third-order valence-corrected chi connectivity index (χ3v) is 4.79. The van der Waals surface area contributed by atoms with Gasteiger partial charge >= 0.3 is 0 Å². The Morgan fingerprint density at radius 2 is 2.11 bits per heavy atom. The lowest BCUT2D eigenvalue weighted by atomic mass is 9.91. The Hall–Kier alpha value is -0.570. The van der Waals surface area contributed by atoms with E-state index in [1.165, 1.54) is 12.8 Å². The molecule has 2 aliphatic rings. The fourth-order valence-corrected chi connectivity index (χ4v) is 3.72. The van der Waals surface area contributed by atoms with Crippen LogP contribution in [0.25, 0.3) is 0 Å². The molecule has 0 aromatic heterocycles. The first kappa shape index (κ1) is 14.8. The van der Waals surface area contributed by atoms with Gasteiger partial charge in [-0.15, -0.1) is 0 Å². The van der Waals surface area contributed by atoms with Crippen molar-refractivity contribution in [3.63, 3.8) is 0 Å². The van der Waals surface area contributed by atoms with Gasteiger partial charge in [0.15, 0.2) is 0 Å². The molecule has 1 heterocycles. The molecule has 2 rings (SSSR count). The summed E-state index contributed by atoms with van der Waals surface area (Å²) in [5.41, 5.74) is 0.400. The van der Waals surface area contributed by atoms with E-state index in [1.54, 1.807) is 0 Å². The first-order chi connectivity index (χ1) is 8.85. The number of hydrogen-bond donors (Lipinski definition) is 1. The van der Waals surface area contributed by atoms with Gasteiger partial charge in [0.25, 0.3) is 0 Å². The van der Waals surface area contributed by atoms with Gasteiger partial charge in [-0.05, 0) is 37.0 Å². The zero-order valence-electron chi connectivity index (χ0n) is 13.2. The number of nitrogens with zero attached hydrogens (tertiary/aromatic N) is 1. The third-order valence-electron chi connectivity index (χ3n) is 4.79. The molecule has 1 saturated heterocycles. The van der Waals surface area contributed by atoms with Gasteiger partial charge in [-0.25, -0.2) is 0 Å². The molecule has 1 N–H and O–H groups in total. The van der Waals surface area contributed by atoms with Gasteiger partial charge in [-0.3, -0.25) is 10.1 Å². The molecule has 3 atom stereocenters. The molecule has 1 aliphatic carbocycles. The lowest BCUT2D eigenvalue weighted by Crippen LogP contribution is -2.43. The Bertz CT molecular complexity index is 338. The highest BCUT2D eigenvalue weighted by Gasteiger charge is 2.46. The predicted octanol–water partition coefficient (Wildman–Crippen LogP) is 3.15. The molecule has 0 spiro atoms. The zero-order chi connectivity index (χ0) is 14.2. The third kappa shape index (κ3) is 2.96. The van der Waals surface area contributed by atoms with Crippen molar-refractivity contribution in [3.05, 3.63) is 0 Å². The summed E-state index contributed by atoms with van der Waals surface area (Å²) in [5, 5.41) is 3.57. The fourth-order valence-electron chi connectivity index (χ4n) is 3.72. The van der Waals surface area contributed by atoms with Gasteiger partial charge < -0.3 is 4.90 Å². The molecular formula is C16H30N2O. The molecule has 1 saturated carbocycles. The first-order valence-electron chi connectivity index (χ1n) is 7.94. The van der Waals surface area contributed by atoms with E-state index in [1.807, 2.05) is 0 Å². The number of carbonyl (C=O) groups is 1. The number of nitrogens with one attached hydrogen (secondary N) is 1. The highest BCUT2D eigenvalue weighted by molar-refractivity contribution is 5.85. The molecule has 0 aromatic rings. The van der Waals surface area contributed by atoms with Crippen molar-refractivity contribution in [2.45, 2.75) is 85.0 Å². The van der Waals surface area contributed by atoms with Crippen LogP contribution in [-0.4, -0.2) is 29.1 Å². The number of rotatable bonds is 4. The van der Waals surface area contributed by atoms with Crippen molar-refractivity contribution in [3.8, 4) is 0 Å². The molecule has 3 unspecified atom stereocenters. The van der Waals surface area contributed by atoms with E-state index in [0.29, 0.717) is 23.3 Å². The van der Waals surface area contributed by atoms with Crippen molar-refractivity contribution in [1.29, 1.82) is 0 Å². The highest BCUT2D eigenvalue weighted by Crippen LogP contribution is 2.41. The lowest BCUT2D eigenvalue weighted by molar-refractivity contribution is -0.133. The minimum absolute atomic E-state index is 0.0280. The van der Waals surface area contributed by atoms with Crippen molar-refractivity contribution >= 4 is 5.91 Å². The van der Waals surface area contributed by atoms with Crippen molar-refractivity contribution in [1.82, 2.24) is 10.2 Å². The van der Waals surface area contributed by atoms with Crippen LogP contribution in [0.1, 0.15) is 66.7 Å². The number of amides is 1. The van der Waals surface area contributed by atoms with E-state index in [-0.39, 0.29) is 12.2 Å². The number of carbonyl (C=O) groups excluding carboxylic acids is 1. The maximum Gasteiger partial charge on any atom is 0.241 e. The van der Waals surface area contributed by atoms with Crippen LogP contribution in [0.3, 0.4) is 0 Å². The molecular weight excluding hydrogens is 236 g/mol. The summed E-state index contributed by atoms with van der Waals surface area (Å²) in [4.78, 5) is 14.9. The summed E-state index contributed by atoms with van der Waals surface area (Å²) in [6.45, 7) is 11.1. The molecule has 3 nitrogen and oxygen atoms in total. The quantitative estimate of drug-likeness (QED) is 0.848. The van der Waals surface area contributed by atoms with Crippen LogP contribution in [0.5, 0.6) is 0 Å². The van der Waals surface area contributed by atoms with Crippen LogP contribution < -0.4 is 5.32 Å². The van der Waals surface area contributed by atoms with Crippen molar-refractivity contribution in [2.24, 2.45) is 11.3 Å². The molecule has 2 fully saturated rings. The maximum atomic E-state index is 12.7. The molecule has 3 heteroatoms. The molecule has 0 aromatic carbocycles. The monoisotopic (exact) mass is 266 g/mol. The molecule has 1 aliphatic heterocycles. The average molecular weight is 266 g/mol. The molecule has 1 amide bonds. The summed E-state index contributed by atoms with van der Waals surface area (Å²) in [6.07, 6.45) is 6.04. The largest absolute Gasteiger partial charge is 0.323 e. The minimum atomic E-state index is 0.0280. The van der Waals surface area contributed by atoms with Crippen molar-refractivity contribution < 1.29 is 4.79 Å². The summed E-state index contributed by atoms with van der Waals surface area (Å²) >= 11 is 0. The standard InChI is InChI=1S/C16H30N2O/c1-6-7-13-17-14(11(2)3)15(19)18(13)12-8-9-16(4,5)10-12/h11-14,17H,6-10H2,1-5H3. The second kappa shape index (κ2) is 5.43. The SMILES string of the molecule is CCCC1NC(C(C)C)C(=O)N1C1CCC(C)(C)C1. The molecule has 110 valence electrons. The predicted molar refractivity (Wildman–Crippen MR) is 78.7 cm³/mol. The van der Waals surface area contributed by atoms with Crippen LogP contribution >= 0.6 is 0 Å². The van der Waals surface area contributed by atoms with Gasteiger partial charge in [-0.2, -0.15) is 0 Å². The van der Waals surface area contributed by atoms with Gasteiger partial charge in [0, 0.05) is 6.04 Å². The summed E-state index contributed by atoms with van der Waals surface area (Å²) < 4.78 is 0. The Kier molecular flexibility index (Phi) is 4.24.